The van der Waals surface area contributed by atoms with E-state index in [0.29, 0.717) is 40.0 Å². The standard InChI is InChI=1S/C23H29Cl2N3O3S.CH4/c1-13-17(20(29)27-21-22(2,3)14-8-9-23(21,4)12-14)15-6-7-16(24)18(25)19(15)28(13)11-5-10-26-32(30)31;/h6-7,14,21H,5,8-12H2,1-4H3,(H,27,29);1H4. The highest BCUT2D eigenvalue weighted by atomic mass is 35.5. The summed E-state index contributed by atoms with van der Waals surface area (Å²) < 4.78 is 26.9. The molecule has 3 unspecified atom stereocenters. The summed E-state index contributed by atoms with van der Waals surface area (Å²) in [6.07, 6.45) is 4.01. The minimum atomic E-state index is -2.43. The summed E-state index contributed by atoms with van der Waals surface area (Å²) in [7, 11) is -2.43. The van der Waals surface area contributed by atoms with Gasteiger partial charge in [0.25, 0.3) is 5.91 Å². The number of rotatable bonds is 6. The molecule has 0 saturated heterocycles. The van der Waals surface area contributed by atoms with Crippen LogP contribution in [0, 0.1) is 23.7 Å². The molecule has 2 aromatic rings. The highest BCUT2D eigenvalue weighted by Gasteiger charge is 2.59. The summed E-state index contributed by atoms with van der Waals surface area (Å²) in [5.41, 5.74) is 2.25. The predicted octanol–water partition coefficient (Wildman–Crippen LogP) is 6.29. The zero-order valence-corrected chi connectivity index (χ0v) is 21.2. The second-order valence-electron chi connectivity index (χ2n) is 10.1. The van der Waals surface area contributed by atoms with Crippen molar-refractivity contribution in [3.8, 4) is 0 Å². The van der Waals surface area contributed by atoms with Crippen molar-refractivity contribution in [3.63, 3.8) is 0 Å². The van der Waals surface area contributed by atoms with Crippen molar-refractivity contribution >= 4 is 50.5 Å². The second kappa shape index (κ2) is 9.23. The van der Waals surface area contributed by atoms with Gasteiger partial charge in [0.2, 0.25) is 0 Å². The van der Waals surface area contributed by atoms with Gasteiger partial charge in [0.15, 0.2) is 0 Å². The number of benzene rings is 1. The van der Waals surface area contributed by atoms with E-state index in [0.717, 1.165) is 23.9 Å². The van der Waals surface area contributed by atoms with Gasteiger partial charge in [0.05, 0.1) is 27.7 Å². The zero-order valence-electron chi connectivity index (χ0n) is 18.8. The molecule has 2 fully saturated rings. The molecule has 2 aliphatic rings. The third-order valence-electron chi connectivity index (χ3n) is 7.88. The van der Waals surface area contributed by atoms with Crippen molar-refractivity contribution < 1.29 is 13.2 Å². The lowest BCUT2D eigenvalue weighted by atomic mass is 9.68. The quantitative estimate of drug-likeness (QED) is 0.460. The lowest BCUT2D eigenvalue weighted by Crippen LogP contribution is -2.52. The fourth-order valence-electron chi connectivity index (χ4n) is 6.30. The van der Waals surface area contributed by atoms with Gasteiger partial charge in [0.1, 0.15) is 0 Å². The third kappa shape index (κ3) is 4.32. The number of carbonyl (C=O) groups excluding carboxylic acids is 1. The smallest absolute Gasteiger partial charge is 0.311 e. The van der Waals surface area contributed by atoms with Gasteiger partial charge < -0.3 is 9.88 Å². The molecule has 1 heterocycles. The van der Waals surface area contributed by atoms with E-state index in [1.807, 2.05) is 17.6 Å². The first-order chi connectivity index (χ1) is 15.0. The molecule has 4 rings (SSSR count). The molecule has 0 spiro atoms. The Morgan fingerprint density at radius 1 is 1.27 bits per heavy atom. The van der Waals surface area contributed by atoms with E-state index in [9.17, 15) is 13.2 Å². The molecule has 1 aromatic carbocycles. The molecule has 9 heteroatoms. The Hall–Kier alpha value is -1.57. The Morgan fingerprint density at radius 2 is 1.97 bits per heavy atom. The van der Waals surface area contributed by atoms with Gasteiger partial charge in [-0.1, -0.05) is 57.5 Å². The summed E-state index contributed by atoms with van der Waals surface area (Å²) in [6.45, 7) is 9.38. The van der Waals surface area contributed by atoms with Gasteiger partial charge in [-0.25, -0.2) is 0 Å². The number of aromatic nitrogens is 1. The van der Waals surface area contributed by atoms with Crippen molar-refractivity contribution in [3.05, 3.63) is 33.4 Å². The Bertz CT molecular complexity index is 1220. The molecule has 1 amide bonds. The molecule has 2 aliphatic carbocycles. The number of amides is 1. The average Bonchev–Trinajstić information content (AvgIpc) is 3.30. The number of nitrogens with one attached hydrogen (secondary N) is 1. The van der Waals surface area contributed by atoms with Crippen LogP contribution in [0.15, 0.2) is 16.5 Å². The fourth-order valence-corrected chi connectivity index (χ4v) is 7.00. The first-order valence-corrected chi connectivity index (χ1v) is 12.8. The Morgan fingerprint density at radius 3 is 2.58 bits per heavy atom. The van der Waals surface area contributed by atoms with Crippen LogP contribution in [-0.2, 0) is 17.0 Å². The average molecular weight is 515 g/mol. The first-order valence-electron chi connectivity index (χ1n) is 11.0. The fraction of sp³-hybridized carbons (Fsp3) is 0.625. The summed E-state index contributed by atoms with van der Waals surface area (Å²) in [5.74, 6) is 0.533. The molecule has 0 aliphatic heterocycles. The molecular weight excluding hydrogens is 481 g/mol. The van der Waals surface area contributed by atoms with E-state index in [4.69, 9.17) is 23.2 Å². The molecule has 1 N–H and O–H groups in total. The minimum absolute atomic E-state index is 0. The normalized spacial score (nSPS) is 25.2. The van der Waals surface area contributed by atoms with Crippen molar-refractivity contribution in [2.24, 2.45) is 21.1 Å². The largest absolute Gasteiger partial charge is 0.348 e. The summed E-state index contributed by atoms with van der Waals surface area (Å²) >= 11 is 12.9. The van der Waals surface area contributed by atoms with Gasteiger partial charge in [-0.2, -0.15) is 12.8 Å². The van der Waals surface area contributed by atoms with Crippen molar-refractivity contribution in [2.45, 2.75) is 73.4 Å². The highest BCUT2D eigenvalue weighted by Crippen LogP contribution is 2.62. The molecule has 1 aromatic heterocycles. The molecule has 3 atom stereocenters. The van der Waals surface area contributed by atoms with Crippen LogP contribution >= 0.6 is 23.2 Å². The van der Waals surface area contributed by atoms with Crippen LogP contribution in [0.3, 0.4) is 0 Å². The highest BCUT2D eigenvalue weighted by molar-refractivity contribution is 7.61. The first kappa shape index (κ1) is 26.0. The zero-order chi connectivity index (χ0) is 23.4. The molecule has 182 valence electrons. The predicted molar refractivity (Wildman–Crippen MR) is 135 cm³/mol. The summed E-state index contributed by atoms with van der Waals surface area (Å²) in [4.78, 5) is 13.7. The van der Waals surface area contributed by atoms with Crippen molar-refractivity contribution in [1.29, 1.82) is 0 Å². The second-order valence-corrected chi connectivity index (χ2v) is 11.6. The minimum Gasteiger partial charge on any atom is -0.348 e. The molecule has 0 radical (unpaired) electrons. The molecule has 2 saturated carbocycles. The van der Waals surface area contributed by atoms with Crippen LogP contribution in [0.5, 0.6) is 0 Å². The van der Waals surface area contributed by atoms with Crippen molar-refractivity contribution in [1.82, 2.24) is 9.88 Å². The maximum absolute atomic E-state index is 13.7. The number of nitrogens with zero attached hydrogens (tertiary/aromatic N) is 2. The SMILES string of the molecule is C.Cc1c(C(=O)NC2C3(C)CCC(C3)C2(C)C)c2ccc(Cl)c(Cl)c2n1CCCN=S(=O)=O. The van der Waals surface area contributed by atoms with Crippen LogP contribution in [0.25, 0.3) is 10.9 Å². The Labute approximate surface area is 207 Å². The van der Waals surface area contributed by atoms with Crippen LogP contribution in [-0.4, -0.2) is 31.5 Å². The molecular formula is C24H33Cl2N3O3S. The maximum atomic E-state index is 13.7. The monoisotopic (exact) mass is 513 g/mol. The third-order valence-corrected chi connectivity index (χ3v) is 9.07. The maximum Gasteiger partial charge on any atom is 0.311 e. The number of hydrogen-bond donors (Lipinski definition) is 1. The Balaban J connectivity index is 0.00000306. The van der Waals surface area contributed by atoms with Crippen LogP contribution in [0.1, 0.15) is 69.9 Å². The summed E-state index contributed by atoms with van der Waals surface area (Å²) in [6, 6.07) is 3.66. The number of aryl methyl sites for hydroxylation is 1. The van der Waals surface area contributed by atoms with E-state index >= 15 is 0 Å². The number of hydrogen-bond acceptors (Lipinski definition) is 4. The van der Waals surface area contributed by atoms with Gasteiger partial charge in [-0.15, -0.1) is 0 Å². The van der Waals surface area contributed by atoms with Gasteiger partial charge >= 0.3 is 10.5 Å². The number of carbonyl (C=O) groups is 1. The van der Waals surface area contributed by atoms with Gasteiger partial charge in [0, 0.05) is 23.7 Å². The lowest BCUT2D eigenvalue weighted by molar-refractivity contribution is 0.0738. The Kier molecular flexibility index (Phi) is 7.29. The lowest BCUT2D eigenvalue weighted by Gasteiger charge is -2.43. The van der Waals surface area contributed by atoms with Gasteiger partial charge in [-0.05, 0) is 55.4 Å². The molecule has 6 nitrogen and oxygen atoms in total. The van der Waals surface area contributed by atoms with E-state index in [1.54, 1.807) is 6.07 Å². The summed E-state index contributed by atoms with van der Waals surface area (Å²) in [5, 5.41) is 4.95. The van der Waals surface area contributed by atoms with Crippen molar-refractivity contribution in [2.75, 3.05) is 6.54 Å². The number of halogens is 2. The van der Waals surface area contributed by atoms with Crippen LogP contribution in [0.2, 0.25) is 10.0 Å². The number of fused-ring (bicyclic) bond motifs is 3. The van der Waals surface area contributed by atoms with Crippen LogP contribution in [0.4, 0.5) is 0 Å². The molecule has 2 bridgehead atoms. The van der Waals surface area contributed by atoms with E-state index < -0.39 is 10.5 Å². The van der Waals surface area contributed by atoms with E-state index in [-0.39, 0.29) is 36.8 Å². The van der Waals surface area contributed by atoms with Gasteiger partial charge in [-0.3, -0.25) is 4.79 Å². The van der Waals surface area contributed by atoms with E-state index in [2.05, 4.69) is 30.5 Å². The van der Waals surface area contributed by atoms with Crippen LogP contribution < -0.4 is 5.32 Å². The topological polar surface area (TPSA) is 80.5 Å². The molecule has 33 heavy (non-hydrogen) atoms. The van der Waals surface area contributed by atoms with E-state index in [1.165, 1.54) is 6.42 Å².